The molecule has 144 valence electrons. The van der Waals surface area contributed by atoms with Crippen molar-refractivity contribution in [1.82, 2.24) is 0 Å². The lowest BCUT2D eigenvalue weighted by Gasteiger charge is -2.12. The number of hydrogen-bond acceptors (Lipinski definition) is 4. The van der Waals surface area contributed by atoms with Crippen LogP contribution in [0.15, 0.2) is 42.5 Å². The van der Waals surface area contributed by atoms with Crippen molar-refractivity contribution in [3.8, 4) is 16.9 Å². The zero-order valence-corrected chi connectivity index (χ0v) is 16.1. The van der Waals surface area contributed by atoms with E-state index in [-0.39, 0.29) is 5.97 Å². The van der Waals surface area contributed by atoms with Crippen LogP contribution in [-0.2, 0) is 14.3 Å². The molecule has 1 unspecified atom stereocenters. The van der Waals surface area contributed by atoms with Crippen LogP contribution in [0, 0.1) is 11.7 Å². The molecule has 0 N–H and O–H groups in total. The maximum absolute atomic E-state index is 14.6. The maximum atomic E-state index is 14.6. The predicted octanol–water partition coefficient (Wildman–Crippen LogP) is 5.11. The lowest BCUT2D eigenvalue weighted by atomic mass is 9.97. The fourth-order valence-corrected chi connectivity index (χ4v) is 2.66. The van der Waals surface area contributed by atoms with Gasteiger partial charge in [0, 0.05) is 12.0 Å². The van der Waals surface area contributed by atoms with Gasteiger partial charge in [0.2, 0.25) is 0 Å². The van der Waals surface area contributed by atoms with Crippen LogP contribution in [-0.4, -0.2) is 19.0 Å². The number of benzene rings is 2. The summed E-state index contributed by atoms with van der Waals surface area (Å²) in [5.41, 5.74) is 1.51. The minimum absolute atomic E-state index is 0.302. The lowest BCUT2D eigenvalue weighted by Crippen LogP contribution is -2.11. The molecule has 0 heterocycles. The van der Waals surface area contributed by atoms with Crippen LogP contribution >= 0.6 is 0 Å². The normalized spacial score (nSPS) is 11.9. The minimum atomic E-state index is -0.549. The summed E-state index contributed by atoms with van der Waals surface area (Å²) in [6, 6.07) is 11.4. The third kappa shape index (κ3) is 5.64. The Labute approximate surface area is 159 Å². The highest BCUT2D eigenvalue weighted by Crippen LogP contribution is 2.29. The van der Waals surface area contributed by atoms with Crippen molar-refractivity contribution in [3.05, 3.63) is 53.8 Å². The molecule has 0 aliphatic carbocycles. The van der Waals surface area contributed by atoms with Gasteiger partial charge in [0.25, 0.3) is 0 Å². The van der Waals surface area contributed by atoms with Gasteiger partial charge in [-0.15, -0.1) is 0 Å². The van der Waals surface area contributed by atoms with Gasteiger partial charge in [0.15, 0.2) is 0 Å². The Morgan fingerprint density at radius 3 is 2.44 bits per heavy atom. The molecule has 2 aromatic rings. The molecule has 0 spiro atoms. The Hall–Kier alpha value is -2.69. The Balaban J connectivity index is 2.19. The van der Waals surface area contributed by atoms with Crippen molar-refractivity contribution in [1.29, 1.82) is 0 Å². The maximum Gasteiger partial charge on any atom is 0.312 e. The molecule has 0 aromatic heterocycles. The quantitative estimate of drug-likeness (QED) is 0.500. The van der Waals surface area contributed by atoms with Crippen LogP contribution in [0.25, 0.3) is 11.1 Å². The first-order valence-electron chi connectivity index (χ1n) is 9.00. The second-order valence-electron chi connectivity index (χ2n) is 6.92. The first kappa shape index (κ1) is 20.6. The van der Waals surface area contributed by atoms with E-state index in [0.29, 0.717) is 34.8 Å². The smallest absolute Gasteiger partial charge is 0.312 e. The largest absolute Gasteiger partial charge is 0.469 e. The van der Waals surface area contributed by atoms with E-state index in [4.69, 9.17) is 9.47 Å². The topological polar surface area (TPSA) is 52.6 Å². The molecule has 0 aliphatic heterocycles. The van der Waals surface area contributed by atoms with E-state index in [2.05, 4.69) is 0 Å². The molecule has 0 bridgehead atoms. The Kier molecular flexibility index (Phi) is 7.11. The van der Waals surface area contributed by atoms with Crippen LogP contribution in [0.4, 0.5) is 4.39 Å². The molecule has 4 nitrogen and oxygen atoms in total. The van der Waals surface area contributed by atoms with Crippen molar-refractivity contribution in [2.24, 2.45) is 5.92 Å². The number of ether oxygens (including phenoxy) is 2. The molecule has 0 aliphatic rings. The monoisotopic (exact) mass is 372 g/mol. The number of hydrogen-bond donors (Lipinski definition) is 0. The fraction of sp³-hybridized carbons (Fsp3) is 0.364. The summed E-state index contributed by atoms with van der Waals surface area (Å²) < 4.78 is 24.7. The summed E-state index contributed by atoms with van der Waals surface area (Å²) in [5.74, 6) is -0.920. The number of carbonyl (C=O) groups is 2. The van der Waals surface area contributed by atoms with Crippen LogP contribution in [0.3, 0.4) is 0 Å². The molecular formula is C22H25FO4. The summed E-state index contributed by atoms with van der Waals surface area (Å²) in [6.45, 7) is 5.75. The van der Waals surface area contributed by atoms with E-state index < -0.39 is 17.7 Å². The molecule has 0 saturated carbocycles. The first-order chi connectivity index (χ1) is 12.8. The second kappa shape index (κ2) is 9.31. The Morgan fingerprint density at radius 1 is 1.07 bits per heavy atom. The van der Waals surface area contributed by atoms with Gasteiger partial charge in [0.05, 0.1) is 13.0 Å². The van der Waals surface area contributed by atoms with Crippen LogP contribution in [0.1, 0.15) is 45.1 Å². The average molecular weight is 372 g/mol. The molecule has 2 rings (SSSR count). The van der Waals surface area contributed by atoms with Crippen molar-refractivity contribution >= 4 is 11.9 Å². The molecular weight excluding hydrogens is 347 g/mol. The molecule has 5 heteroatoms. The minimum Gasteiger partial charge on any atom is -0.469 e. The highest BCUT2D eigenvalue weighted by molar-refractivity contribution is 5.78. The molecule has 0 saturated heterocycles. The van der Waals surface area contributed by atoms with Gasteiger partial charge < -0.3 is 9.47 Å². The molecule has 27 heavy (non-hydrogen) atoms. The van der Waals surface area contributed by atoms with E-state index in [0.717, 1.165) is 6.42 Å². The third-order valence-corrected chi connectivity index (χ3v) is 4.35. The van der Waals surface area contributed by atoms with E-state index in [1.165, 1.54) is 13.2 Å². The first-order valence-corrected chi connectivity index (χ1v) is 9.00. The van der Waals surface area contributed by atoms with Gasteiger partial charge in [-0.25, -0.2) is 4.39 Å². The zero-order valence-electron chi connectivity index (χ0n) is 16.1. The molecule has 0 amide bonds. The second-order valence-corrected chi connectivity index (χ2v) is 6.92. The number of esters is 2. The zero-order chi connectivity index (χ0) is 20.0. The van der Waals surface area contributed by atoms with Gasteiger partial charge in [-0.3, -0.25) is 9.59 Å². The van der Waals surface area contributed by atoms with Gasteiger partial charge in [-0.1, -0.05) is 38.1 Å². The summed E-state index contributed by atoms with van der Waals surface area (Å²) >= 11 is 0. The molecule has 0 fully saturated rings. The van der Waals surface area contributed by atoms with Gasteiger partial charge in [0.1, 0.15) is 11.6 Å². The molecule has 2 aromatic carbocycles. The van der Waals surface area contributed by atoms with E-state index in [9.17, 15) is 14.0 Å². The Morgan fingerprint density at radius 2 is 1.81 bits per heavy atom. The highest BCUT2D eigenvalue weighted by atomic mass is 19.1. The van der Waals surface area contributed by atoms with Gasteiger partial charge in [-0.2, -0.15) is 0 Å². The van der Waals surface area contributed by atoms with Crippen molar-refractivity contribution in [2.75, 3.05) is 7.11 Å². The summed E-state index contributed by atoms with van der Waals surface area (Å²) in [7, 11) is 1.30. The third-order valence-electron chi connectivity index (χ3n) is 4.35. The molecule has 0 radical (unpaired) electrons. The number of rotatable bonds is 7. The number of halogens is 1. The average Bonchev–Trinajstić information content (AvgIpc) is 2.65. The van der Waals surface area contributed by atoms with Crippen LogP contribution in [0.2, 0.25) is 0 Å². The predicted molar refractivity (Wildman–Crippen MR) is 102 cm³/mol. The van der Waals surface area contributed by atoms with Crippen molar-refractivity contribution in [3.63, 3.8) is 0 Å². The Bertz CT molecular complexity index is 814. The highest BCUT2D eigenvalue weighted by Gasteiger charge is 2.18. The van der Waals surface area contributed by atoms with E-state index in [1.54, 1.807) is 43.3 Å². The van der Waals surface area contributed by atoms with Crippen LogP contribution in [0.5, 0.6) is 5.75 Å². The number of carbonyl (C=O) groups excluding carboxylic acids is 2. The van der Waals surface area contributed by atoms with E-state index >= 15 is 0 Å². The fourth-order valence-electron chi connectivity index (χ4n) is 2.66. The standard InChI is InChI=1S/C22H25FO4/c1-14(2)8-11-21(24)27-18-7-5-6-17(12-18)19-10-9-16(13-20(19)23)15(3)22(25)26-4/h5-7,9-10,12-15H,8,11H2,1-4H3. The number of methoxy groups -OCH3 is 1. The summed E-state index contributed by atoms with van der Waals surface area (Å²) in [4.78, 5) is 23.5. The van der Waals surface area contributed by atoms with Gasteiger partial charge in [-0.05, 0) is 48.6 Å². The lowest BCUT2D eigenvalue weighted by molar-refractivity contribution is -0.142. The summed E-state index contributed by atoms with van der Waals surface area (Å²) in [6.07, 6.45) is 1.10. The van der Waals surface area contributed by atoms with Crippen LogP contribution < -0.4 is 4.74 Å². The van der Waals surface area contributed by atoms with Gasteiger partial charge >= 0.3 is 11.9 Å². The van der Waals surface area contributed by atoms with Crippen molar-refractivity contribution in [2.45, 2.75) is 39.5 Å². The SMILES string of the molecule is COC(=O)C(C)c1ccc(-c2cccc(OC(=O)CCC(C)C)c2)c(F)c1. The van der Waals surface area contributed by atoms with E-state index in [1.807, 2.05) is 13.8 Å². The summed E-state index contributed by atoms with van der Waals surface area (Å²) in [5, 5.41) is 0. The molecule has 1 atom stereocenters. The van der Waals surface area contributed by atoms with Crippen molar-refractivity contribution < 1.29 is 23.5 Å².